The van der Waals surface area contributed by atoms with Crippen LogP contribution in [0.5, 0.6) is 5.75 Å². The fourth-order valence-corrected chi connectivity index (χ4v) is 4.12. The molecule has 1 atom stereocenters. The van der Waals surface area contributed by atoms with Crippen molar-refractivity contribution < 1.29 is 18.8 Å². The molecule has 2 aromatic carbocycles. The molecule has 0 bridgehead atoms. The third-order valence-corrected chi connectivity index (χ3v) is 5.56. The maximum atomic E-state index is 12.4. The van der Waals surface area contributed by atoms with Gasteiger partial charge in [0, 0.05) is 17.6 Å². The molecule has 4 rings (SSSR count). The smallest absolute Gasteiger partial charge is 0.407 e. The number of amides is 1. The van der Waals surface area contributed by atoms with E-state index in [0.29, 0.717) is 17.4 Å². The fraction of sp³-hybridized carbons (Fsp3) is 0.345. The lowest BCUT2D eigenvalue weighted by molar-refractivity contribution is 0.0480. The predicted molar refractivity (Wildman–Crippen MR) is 141 cm³/mol. The van der Waals surface area contributed by atoms with Gasteiger partial charge in [0.05, 0.1) is 23.3 Å². The number of hydrogen-bond acceptors (Lipinski definition) is 6. The van der Waals surface area contributed by atoms with Gasteiger partial charge in [0.15, 0.2) is 5.76 Å². The minimum absolute atomic E-state index is 0.216. The van der Waals surface area contributed by atoms with Gasteiger partial charge in [-0.25, -0.2) is 4.79 Å². The SMILES string of the molecule is CC(C)CC(COc1ccc(-c2ccnc3ccccc23)cc1-c1ccno1)NC(=O)OC(C)(C)C. The number of nitrogens with zero attached hydrogens (tertiary/aromatic N) is 2. The van der Waals surface area contributed by atoms with Crippen molar-refractivity contribution in [3.63, 3.8) is 0 Å². The Morgan fingerprint density at radius 3 is 2.56 bits per heavy atom. The van der Waals surface area contributed by atoms with Gasteiger partial charge in [-0.3, -0.25) is 4.98 Å². The van der Waals surface area contributed by atoms with Crippen LogP contribution < -0.4 is 10.1 Å². The second kappa shape index (κ2) is 10.8. The third-order valence-electron chi connectivity index (χ3n) is 5.56. The number of hydrogen-bond donors (Lipinski definition) is 1. The molecule has 7 nitrogen and oxygen atoms in total. The third kappa shape index (κ3) is 6.42. The summed E-state index contributed by atoms with van der Waals surface area (Å²) in [5, 5.41) is 7.91. The van der Waals surface area contributed by atoms with Crippen LogP contribution in [0.4, 0.5) is 4.79 Å². The molecule has 0 radical (unpaired) electrons. The summed E-state index contributed by atoms with van der Waals surface area (Å²) in [6.45, 7) is 10.0. The first kappa shape index (κ1) is 25.2. The van der Waals surface area contributed by atoms with Crippen LogP contribution >= 0.6 is 0 Å². The Morgan fingerprint density at radius 2 is 1.83 bits per heavy atom. The Kier molecular flexibility index (Phi) is 7.58. The zero-order chi connectivity index (χ0) is 25.7. The maximum Gasteiger partial charge on any atom is 0.407 e. The number of fused-ring (bicyclic) bond motifs is 1. The van der Waals surface area contributed by atoms with Crippen LogP contribution in [0, 0.1) is 5.92 Å². The Morgan fingerprint density at radius 1 is 1.03 bits per heavy atom. The summed E-state index contributed by atoms with van der Waals surface area (Å²) in [4.78, 5) is 16.9. The van der Waals surface area contributed by atoms with Crippen molar-refractivity contribution in [2.24, 2.45) is 5.92 Å². The van der Waals surface area contributed by atoms with Crippen LogP contribution in [0.25, 0.3) is 33.4 Å². The van der Waals surface area contributed by atoms with Crippen LogP contribution in [0.3, 0.4) is 0 Å². The van der Waals surface area contributed by atoms with Crippen molar-refractivity contribution in [3.05, 3.63) is 67.0 Å². The van der Waals surface area contributed by atoms with Crippen molar-refractivity contribution in [3.8, 4) is 28.2 Å². The minimum Gasteiger partial charge on any atom is -0.491 e. The highest BCUT2D eigenvalue weighted by Gasteiger charge is 2.22. The van der Waals surface area contributed by atoms with E-state index < -0.39 is 11.7 Å². The molecule has 1 amide bonds. The molecule has 7 heteroatoms. The van der Waals surface area contributed by atoms with Crippen molar-refractivity contribution >= 4 is 17.0 Å². The number of nitrogens with one attached hydrogen (secondary N) is 1. The molecule has 0 aliphatic heterocycles. The number of benzene rings is 2. The summed E-state index contributed by atoms with van der Waals surface area (Å²) >= 11 is 0. The Labute approximate surface area is 211 Å². The summed E-state index contributed by atoms with van der Waals surface area (Å²) in [6.07, 6.45) is 3.72. The van der Waals surface area contributed by atoms with Crippen molar-refractivity contribution in [1.82, 2.24) is 15.5 Å². The zero-order valence-corrected chi connectivity index (χ0v) is 21.4. The fourth-order valence-electron chi connectivity index (χ4n) is 4.12. The van der Waals surface area contributed by atoms with Gasteiger partial charge in [-0.1, -0.05) is 43.3 Å². The largest absolute Gasteiger partial charge is 0.491 e. The average molecular weight is 488 g/mol. The molecule has 1 N–H and O–H groups in total. The van der Waals surface area contributed by atoms with E-state index in [9.17, 15) is 4.79 Å². The van der Waals surface area contributed by atoms with Crippen molar-refractivity contribution in [2.75, 3.05) is 6.61 Å². The molecule has 0 saturated carbocycles. The number of carbonyl (C=O) groups is 1. The van der Waals surface area contributed by atoms with Crippen molar-refractivity contribution in [1.29, 1.82) is 0 Å². The van der Waals surface area contributed by atoms with Gasteiger partial charge in [0.2, 0.25) is 0 Å². The number of alkyl carbamates (subject to hydrolysis) is 1. The van der Waals surface area contributed by atoms with Gasteiger partial charge in [-0.2, -0.15) is 0 Å². The summed E-state index contributed by atoms with van der Waals surface area (Å²) in [7, 11) is 0. The molecule has 4 aromatic rings. The topological polar surface area (TPSA) is 86.5 Å². The van der Waals surface area contributed by atoms with Crippen LogP contribution in [0.1, 0.15) is 41.0 Å². The van der Waals surface area contributed by atoms with Crippen molar-refractivity contribution in [2.45, 2.75) is 52.7 Å². The highest BCUT2D eigenvalue weighted by Crippen LogP contribution is 2.36. The average Bonchev–Trinajstić information content (AvgIpc) is 3.35. The van der Waals surface area contributed by atoms with E-state index >= 15 is 0 Å². The molecular weight excluding hydrogens is 454 g/mol. The summed E-state index contributed by atoms with van der Waals surface area (Å²) in [5.74, 6) is 1.61. The molecular formula is C29H33N3O4. The number of rotatable bonds is 8. The molecule has 2 heterocycles. The van der Waals surface area contributed by atoms with Gasteiger partial charge in [0.1, 0.15) is 18.0 Å². The first-order chi connectivity index (χ1) is 17.2. The Balaban J connectivity index is 1.62. The highest BCUT2D eigenvalue weighted by atomic mass is 16.6. The van der Waals surface area contributed by atoms with Gasteiger partial charge in [0.25, 0.3) is 0 Å². The summed E-state index contributed by atoms with van der Waals surface area (Å²) in [6, 6.07) is 17.6. The second-order valence-electron chi connectivity index (χ2n) is 10.2. The van der Waals surface area contributed by atoms with E-state index in [4.69, 9.17) is 14.0 Å². The molecule has 0 aliphatic rings. The van der Waals surface area contributed by atoms with Gasteiger partial charge >= 0.3 is 6.09 Å². The number of aromatic nitrogens is 2. The highest BCUT2D eigenvalue weighted by molar-refractivity contribution is 5.95. The van der Waals surface area contributed by atoms with Crippen LogP contribution in [-0.2, 0) is 4.74 Å². The lowest BCUT2D eigenvalue weighted by atomic mass is 9.98. The molecule has 0 aliphatic carbocycles. The first-order valence-electron chi connectivity index (χ1n) is 12.2. The molecule has 0 fully saturated rings. The lowest BCUT2D eigenvalue weighted by Crippen LogP contribution is -2.42. The zero-order valence-electron chi connectivity index (χ0n) is 21.4. The predicted octanol–water partition coefficient (Wildman–Crippen LogP) is 6.88. The number of ether oxygens (including phenoxy) is 2. The van der Waals surface area contributed by atoms with Gasteiger partial charge < -0.3 is 19.3 Å². The standard InChI is InChI=1S/C29H33N3O4/c1-19(2)16-21(32-28(33)35-29(3,4)5)18-34-26-11-10-20(17-24(26)27-13-15-31-36-27)22-12-14-30-25-9-7-6-8-23(22)25/h6-15,17,19,21H,16,18H2,1-5H3,(H,32,33). The van der Waals surface area contributed by atoms with E-state index in [1.165, 1.54) is 0 Å². The quantitative estimate of drug-likeness (QED) is 0.292. The molecule has 0 spiro atoms. The summed E-state index contributed by atoms with van der Waals surface area (Å²) in [5.41, 5.74) is 3.22. The number of para-hydroxylation sites is 1. The summed E-state index contributed by atoms with van der Waals surface area (Å²) < 4.78 is 17.2. The molecule has 36 heavy (non-hydrogen) atoms. The molecule has 0 saturated heterocycles. The van der Waals surface area contributed by atoms with Gasteiger partial charge in [-0.05, 0) is 68.5 Å². The van der Waals surface area contributed by atoms with E-state index in [0.717, 1.165) is 34.0 Å². The van der Waals surface area contributed by atoms with E-state index in [1.807, 2.05) is 69.4 Å². The van der Waals surface area contributed by atoms with Crippen LogP contribution in [0.2, 0.25) is 0 Å². The molecule has 1 unspecified atom stereocenters. The Bertz CT molecular complexity index is 1300. The first-order valence-corrected chi connectivity index (χ1v) is 12.2. The number of pyridine rings is 1. The Hall–Kier alpha value is -3.87. The normalized spacial score (nSPS) is 12.5. The minimum atomic E-state index is -0.570. The second-order valence-corrected chi connectivity index (χ2v) is 10.2. The monoisotopic (exact) mass is 487 g/mol. The number of carbonyl (C=O) groups excluding carboxylic acids is 1. The van der Waals surface area contributed by atoms with Crippen LogP contribution in [-0.4, -0.2) is 34.5 Å². The van der Waals surface area contributed by atoms with E-state index in [1.54, 1.807) is 12.3 Å². The van der Waals surface area contributed by atoms with Gasteiger partial charge in [-0.15, -0.1) is 0 Å². The molecule has 2 aromatic heterocycles. The van der Waals surface area contributed by atoms with E-state index in [-0.39, 0.29) is 12.6 Å². The van der Waals surface area contributed by atoms with Crippen LogP contribution in [0.15, 0.2) is 71.5 Å². The van der Waals surface area contributed by atoms with E-state index in [2.05, 4.69) is 35.4 Å². The molecule has 188 valence electrons. The maximum absolute atomic E-state index is 12.4. The lowest BCUT2D eigenvalue weighted by Gasteiger charge is -2.25.